The second kappa shape index (κ2) is 4.77. The molecule has 0 atom stereocenters. The van der Waals surface area contributed by atoms with Gasteiger partial charge in [0, 0.05) is 4.47 Å². The monoisotopic (exact) mass is 324 g/mol. The van der Waals surface area contributed by atoms with Crippen molar-refractivity contribution in [3.8, 4) is 0 Å². The molecule has 0 aromatic heterocycles. The van der Waals surface area contributed by atoms with Gasteiger partial charge in [0.1, 0.15) is 5.41 Å². The normalized spacial score (nSPS) is 18.5. The molecule has 5 nitrogen and oxygen atoms in total. The fourth-order valence-corrected chi connectivity index (χ4v) is 2.20. The maximum absolute atomic E-state index is 12.2. The van der Waals surface area contributed by atoms with E-state index in [0.29, 0.717) is 0 Å². The molecule has 4 amide bonds. The predicted octanol–water partition coefficient (Wildman–Crippen LogP) is 2.05. The van der Waals surface area contributed by atoms with Gasteiger partial charge < -0.3 is 0 Å². The zero-order valence-electron chi connectivity index (χ0n) is 10.6. The quantitative estimate of drug-likeness (QED) is 0.847. The van der Waals surface area contributed by atoms with E-state index in [2.05, 4.69) is 21.2 Å². The molecule has 1 aromatic rings. The molecule has 0 radical (unpaired) electrons. The summed E-state index contributed by atoms with van der Waals surface area (Å²) in [5, 5.41) is 2.20. The number of benzene rings is 1. The number of barbiturate groups is 1. The molecule has 1 aliphatic rings. The van der Waals surface area contributed by atoms with Gasteiger partial charge in [0.2, 0.25) is 11.8 Å². The highest BCUT2D eigenvalue weighted by Crippen LogP contribution is 2.26. The van der Waals surface area contributed by atoms with Gasteiger partial charge in [0.25, 0.3) is 0 Å². The van der Waals surface area contributed by atoms with E-state index in [-0.39, 0.29) is 6.54 Å². The SMILES string of the molecule is CC1(C)C(=O)NC(=O)N(Cc2ccccc2Br)C1=O. The standard InChI is InChI=1S/C13H13BrN2O3/c1-13(2)10(17)15-12(19)16(11(13)18)7-8-5-3-4-6-9(8)14/h3-6H,7H2,1-2H3,(H,15,17,19). The van der Waals surface area contributed by atoms with E-state index in [1.807, 2.05) is 24.3 Å². The van der Waals surface area contributed by atoms with Crippen molar-refractivity contribution < 1.29 is 14.4 Å². The number of carbonyl (C=O) groups is 3. The molecule has 6 heteroatoms. The highest BCUT2D eigenvalue weighted by atomic mass is 79.9. The van der Waals surface area contributed by atoms with Gasteiger partial charge in [-0.1, -0.05) is 34.1 Å². The van der Waals surface area contributed by atoms with Crippen LogP contribution in [-0.4, -0.2) is 22.7 Å². The van der Waals surface area contributed by atoms with Gasteiger partial charge in [-0.25, -0.2) is 4.79 Å². The number of halogens is 1. The van der Waals surface area contributed by atoms with Gasteiger partial charge >= 0.3 is 6.03 Å². The van der Waals surface area contributed by atoms with E-state index < -0.39 is 23.3 Å². The molecule has 0 aliphatic carbocycles. The molecule has 1 saturated heterocycles. The summed E-state index contributed by atoms with van der Waals surface area (Å²) in [5.74, 6) is -1.05. The first kappa shape index (κ1) is 13.7. The molecular weight excluding hydrogens is 312 g/mol. The first-order valence-electron chi connectivity index (χ1n) is 5.75. The maximum atomic E-state index is 12.2. The third kappa shape index (κ3) is 2.40. The Labute approximate surface area is 119 Å². The van der Waals surface area contributed by atoms with Crippen LogP contribution in [0.25, 0.3) is 0 Å². The number of urea groups is 1. The highest BCUT2D eigenvalue weighted by Gasteiger charge is 2.46. The zero-order valence-corrected chi connectivity index (χ0v) is 12.2. The third-order valence-electron chi connectivity index (χ3n) is 3.10. The topological polar surface area (TPSA) is 66.5 Å². The Bertz CT molecular complexity index is 569. The van der Waals surface area contributed by atoms with Gasteiger partial charge in [0.15, 0.2) is 0 Å². The fraction of sp³-hybridized carbons (Fsp3) is 0.308. The number of nitrogens with one attached hydrogen (secondary N) is 1. The Hall–Kier alpha value is -1.69. The second-order valence-corrected chi connectivity index (χ2v) is 5.72. The van der Waals surface area contributed by atoms with Crippen molar-refractivity contribution in [3.05, 3.63) is 34.3 Å². The van der Waals surface area contributed by atoms with E-state index in [0.717, 1.165) is 14.9 Å². The minimum Gasteiger partial charge on any atom is -0.277 e. The number of amides is 4. The van der Waals surface area contributed by atoms with Gasteiger partial charge in [-0.2, -0.15) is 0 Å². The summed E-state index contributed by atoms with van der Waals surface area (Å²) in [5.41, 5.74) is -0.425. The van der Waals surface area contributed by atoms with E-state index in [9.17, 15) is 14.4 Å². The Morgan fingerprint density at radius 3 is 2.47 bits per heavy atom. The number of imide groups is 2. The highest BCUT2D eigenvalue weighted by molar-refractivity contribution is 9.10. The molecule has 1 N–H and O–H groups in total. The molecular formula is C13H13BrN2O3. The molecule has 1 fully saturated rings. The maximum Gasteiger partial charge on any atom is 0.331 e. The molecule has 0 saturated carbocycles. The summed E-state index contributed by atoms with van der Waals surface area (Å²) < 4.78 is 0.810. The lowest BCUT2D eigenvalue weighted by atomic mass is 9.88. The molecule has 0 bridgehead atoms. The van der Waals surface area contributed by atoms with E-state index in [4.69, 9.17) is 0 Å². The van der Waals surface area contributed by atoms with Crippen LogP contribution in [0, 0.1) is 5.41 Å². The van der Waals surface area contributed by atoms with Crippen molar-refractivity contribution in [1.82, 2.24) is 10.2 Å². The number of hydrogen-bond donors (Lipinski definition) is 1. The third-order valence-corrected chi connectivity index (χ3v) is 3.87. The molecule has 1 heterocycles. The van der Waals surface area contributed by atoms with Crippen LogP contribution in [0.1, 0.15) is 19.4 Å². The summed E-state index contributed by atoms with van der Waals surface area (Å²) >= 11 is 3.37. The predicted molar refractivity (Wildman–Crippen MR) is 72.0 cm³/mol. The van der Waals surface area contributed by atoms with Crippen LogP contribution < -0.4 is 5.32 Å². The number of rotatable bonds is 2. The van der Waals surface area contributed by atoms with Crippen LogP contribution in [0.3, 0.4) is 0 Å². The van der Waals surface area contributed by atoms with Gasteiger partial charge in [-0.15, -0.1) is 0 Å². The zero-order chi connectivity index (χ0) is 14.2. The average molecular weight is 325 g/mol. The summed E-state index contributed by atoms with van der Waals surface area (Å²) in [6.45, 7) is 3.14. The van der Waals surface area contributed by atoms with Crippen molar-refractivity contribution in [1.29, 1.82) is 0 Å². The minimum atomic E-state index is -1.23. The van der Waals surface area contributed by atoms with E-state index in [1.54, 1.807) is 0 Å². The van der Waals surface area contributed by atoms with E-state index >= 15 is 0 Å². The van der Waals surface area contributed by atoms with Crippen molar-refractivity contribution in [2.45, 2.75) is 20.4 Å². The van der Waals surface area contributed by atoms with Crippen LogP contribution in [0.15, 0.2) is 28.7 Å². The molecule has 1 aliphatic heterocycles. The van der Waals surface area contributed by atoms with Crippen molar-refractivity contribution in [2.75, 3.05) is 0 Å². The number of nitrogens with zero attached hydrogens (tertiary/aromatic N) is 1. The van der Waals surface area contributed by atoms with E-state index in [1.165, 1.54) is 13.8 Å². The second-order valence-electron chi connectivity index (χ2n) is 4.87. The Morgan fingerprint density at radius 2 is 1.84 bits per heavy atom. The average Bonchev–Trinajstić information content (AvgIpc) is 2.35. The van der Waals surface area contributed by atoms with Crippen LogP contribution in [0.5, 0.6) is 0 Å². The van der Waals surface area contributed by atoms with Crippen molar-refractivity contribution in [2.24, 2.45) is 5.41 Å². The Morgan fingerprint density at radius 1 is 1.21 bits per heavy atom. The Kier molecular flexibility index (Phi) is 3.45. The van der Waals surface area contributed by atoms with Crippen LogP contribution >= 0.6 is 15.9 Å². The summed E-state index contributed by atoms with van der Waals surface area (Å²) in [6.07, 6.45) is 0. The Balaban J connectivity index is 2.30. The summed E-state index contributed by atoms with van der Waals surface area (Å²) in [7, 11) is 0. The van der Waals surface area contributed by atoms with Crippen molar-refractivity contribution >= 4 is 33.8 Å². The van der Waals surface area contributed by atoms with Gasteiger partial charge in [-0.05, 0) is 25.5 Å². The first-order valence-corrected chi connectivity index (χ1v) is 6.54. The fourth-order valence-electron chi connectivity index (χ4n) is 1.79. The molecule has 19 heavy (non-hydrogen) atoms. The molecule has 1 aromatic carbocycles. The lowest BCUT2D eigenvalue weighted by Crippen LogP contribution is -2.61. The lowest BCUT2D eigenvalue weighted by Gasteiger charge is -2.34. The molecule has 0 spiro atoms. The lowest BCUT2D eigenvalue weighted by molar-refractivity contribution is -0.149. The van der Waals surface area contributed by atoms with Gasteiger partial charge in [0.05, 0.1) is 6.54 Å². The van der Waals surface area contributed by atoms with Crippen LogP contribution in [0.2, 0.25) is 0 Å². The van der Waals surface area contributed by atoms with Gasteiger partial charge in [-0.3, -0.25) is 19.8 Å². The summed E-state index contributed by atoms with van der Waals surface area (Å²) in [4.78, 5) is 36.7. The first-order chi connectivity index (χ1) is 8.84. The molecule has 0 unspecified atom stereocenters. The minimum absolute atomic E-state index is 0.128. The van der Waals surface area contributed by atoms with Crippen LogP contribution in [0.4, 0.5) is 4.79 Å². The molecule has 100 valence electrons. The molecule has 2 rings (SSSR count). The van der Waals surface area contributed by atoms with Crippen LogP contribution in [-0.2, 0) is 16.1 Å². The number of hydrogen-bond acceptors (Lipinski definition) is 3. The smallest absolute Gasteiger partial charge is 0.277 e. The van der Waals surface area contributed by atoms with Crippen molar-refractivity contribution in [3.63, 3.8) is 0 Å². The summed E-state index contributed by atoms with van der Waals surface area (Å²) in [6, 6.07) is 6.64. The number of carbonyl (C=O) groups excluding carboxylic acids is 3. The largest absolute Gasteiger partial charge is 0.331 e.